The zero-order valence-corrected chi connectivity index (χ0v) is 21.3. The molecule has 1 aliphatic carbocycles. The maximum absolute atomic E-state index is 14.0. The third-order valence-corrected chi connectivity index (χ3v) is 6.80. The number of benzene rings is 2. The Morgan fingerprint density at radius 2 is 1.81 bits per heavy atom. The SMILES string of the molecule is COCC(Nc1ccc(C(=O)NC[C@H]2CC[C@H](C(=O)O)CC2)cc1C(F)(F)F)c1cc(Cl)ccc1OC. The fourth-order valence-corrected chi connectivity index (χ4v) is 4.72. The van der Waals surface area contributed by atoms with E-state index < -0.39 is 29.7 Å². The first-order chi connectivity index (χ1) is 17.5. The summed E-state index contributed by atoms with van der Waals surface area (Å²) >= 11 is 6.11. The Kier molecular flexibility index (Phi) is 9.67. The molecule has 1 amide bonds. The van der Waals surface area contributed by atoms with E-state index >= 15 is 0 Å². The minimum absolute atomic E-state index is 0.0281. The largest absolute Gasteiger partial charge is 0.496 e. The number of amides is 1. The number of halogens is 4. The van der Waals surface area contributed by atoms with E-state index in [-0.39, 0.29) is 36.2 Å². The van der Waals surface area contributed by atoms with Gasteiger partial charge in [-0.1, -0.05) is 11.6 Å². The highest BCUT2D eigenvalue weighted by atomic mass is 35.5. The number of methoxy groups -OCH3 is 2. The van der Waals surface area contributed by atoms with Gasteiger partial charge in [-0.3, -0.25) is 9.59 Å². The minimum Gasteiger partial charge on any atom is -0.496 e. The average molecular weight is 543 g/mol. The third kappa shape index (κ3) is 7.52. The molecule has 0 aromatic heterocycles. The smallest absolute Gasteiger partial charge is 0.418 e. The van der Waals surface area contributed by atoms with E-state index in [1.807, 2.05) is 0 Å². The van der Waals surface area contributed by atoms with Crippen molar-refractivity contribution in [1.82, 2.24) is 5.32 Å². The Hall–Kier alpha value is -2.98. The number of carbonyl (C=O) groups excluding carboxylic acids is 1. The number of rotatable bonds is 10. The van der Waals surface area contributed by atoms with Crippen molar-refractivity contribution in [2.45, 2.75) is 37.9 Å². The van der Waals surface area contributed by atoms with E-state index in [0.29, 0.717) is 42.0 Å². The highest BCUT2D eigenvalue weighted by Gasteiger charge is 2.35. The molecule has 0 radical (unpaired) electrons. The molecule has 2 aromatic rings. The second-order valence-corrected chi connectivity index (χ2v) is 9.50. The van der Waals surface area contributed by atoms with Crippen LogP contribution >= 0.6 is 11.6 Å². The van der Waals surface area contributed by atoms with Crippen LogP contribution in [0.2, 0.25) is 5.02 Å². The van der Waals surface area contributed by atoms with E-state index in [0.717, 1.165) is 6.07 Å². The lowest BCUT2D eigenvalue weighted by atomic mass is 9.82. The van der Waals surface area contributed by atoms with Gasteiger partial charge in [-0.15, -0.1) is 0 Å². The molecule has 1 unspecified atom stereocenters. The predicted octanol–water partition coefficient (Wildman–Crippen LogP) is 5.79. The molecule has 0 spiro atoms. The van der Waals surface area contributed by atoms with Gasteiger partial charge in [0.1, 0.15) is 5.75 Å². The van der Waals surface area contributed by atoms with Gasteiger partial charge in [0.2, 0.25) is 0 Å². The fraction of sp³-hybridized carbons (Fsp3) is 0.462. The van der Waals surface area contributed by atoms with Crippen molar-refractivity contribution < 1.29 is 37.3 Å². The first kappa shape index (κ1) is 28.6. The molecule has 11 heteroatoms. The van der Waals surface area contributed by atoms with Crippen molar-refractivity contribution in [3.8, 4) is 5.75 Å². The minimum atomic E-state index is -4.73. The van der Waals surface area contributed by atoms with Gasteiger partial charge < -0.3 is 25.2 Å². The Balaban J connectivity index is 1.78. The van der Waals surface area contributed by atoms with Crippen LogP contribution in [0.25, 0.3) is 0 Å². The summed E-state index contributed by atoms with van der Waals surface area (Å²) in [5, 5.41) is 15.1. The molecule has 37 heavy (non-hydrogen) atoms. The average Bonchev–Trinajstić information content (AvgIpc) is 2.86. The first-order valence-corrected chi connectivity index (χ1v) is 12.2. The Bertz CT molecular complexity index is 1100. The van der Waals surface area contributed by atoms with Crippen LogP contribution in [0.5, 0.6) is 5.75 Å². The molecule has 0 bridgehead atoms. The molecule has 7 nitrogen and oxygen atoms in total. The summed E-state index contributed by atoms with van der Waals surface area (Å²) < 4.78 is 52.6. The third-order valence-electron chi connectivity index (χ3n) is 6.56. The molecule has 0 heterocycles. The summed E-state index contributed by atoms with van der Waals surface area (Å²) in [6, 6.07) is 7.46. The maximum atomic E-state index is 14.0. The van der Waals surface area contributed by atoms with Gasteiger partial charge in [0.25, 0.3) is 5.91 Å². The van der Waals surface area contributed by atoms with Crippen LogP contribution in [0.4, 0.5) is 18.9 Å². The van der Waals surface area contributed by atoms with E-state index in [1.165, 1.54) is 26.4 Å². The van der Waals surface area contributed by atoms with Crippen molar-refractivity contribution in [3.05, 3.63) is 58.1 Å². The lowest BCUT2D eigenvalue weighted by Gasteiger charge is -2.26. The van der Waals surface area contributed by atoms with Crippen LogP contribution in [0.15, 0.2) is 36.4 Å². The molecule has 202 valence electrons. The Morgan fingerprint density at radius 1 is 1.11 bits per heavy atom. The summed E-state index contributed by atoms with van der Waals surface area (Å²) in [5.41, 5.74) is -0.825. The van der Waals surface area contributed by atoms with Crippen molar-refractivity contribution in [2.75, 3.05) is 32.7 Å². The molecular formula is C26H30ClF3N2O5. The Labute approximate surface area is 218 Å². The van der Waals surface area contributed by atoms with Crippen molar-refractivity contribution in [1.29, 1.82) is 0 Å². The molecule has 1 saturated carbocycles. The van der Waals surface area contributed by atoms with E-state index in [4.69, 9.17) is 26.2 Å². The Morgan fingerprint density at radius 3 is 2.41 bits per heavy atom. The summed E-state index contributed by atoms with van der Waals surface area (Å²) in [6.45, 7) is 0.303. The second-order valence-electron chi connectivity index (χ2n) is 9.06. The van der Waals surface area contributed by atoms with Crippen molar-refractivity contribution >= 4 is 29.2 Å². The molecule has 1 atom stereocenters. The van der Waals surface area contributed by atoms with E-state index in [1.54, 1.807) is 18.2 Å². The van der Waals surface area contributed by atoms with Crippen LogP contribution in [0.3, 0.4) is 0 Å². The lowest BCUT2D eigenvalue weighted by Crippen LogP contribution is -2.32. The zero-order chi connectivity index (χ0) is 27.2. The van der Waals surface area contributed by atoms with Crippen LogP contribution in [-0.4, -0.2) is 44.4 Å². The molecule has 3 N–H and O–H groups in total. The first-order valence-electron chi connectivity index (χ1n) is 11.8. The number of aliphatic carboxylic acids is 1. The van der Waals surface area contributed by atoms with Crippen LogP contribution in [-0.2, 0) is 15.7 Å². The summed E-state index contributed by atoms with van der Waals surface area (Å²) in [4.78, 5) is 23.8. The lowest BCUT2D eigenvalue weighted by molar-refractivity contribution is -0.143. The quantitative estimate of drug-likeness (QED) is 0.352. The standard InChI is InChI=1S/C26H30ClF3N2O5/c1-36-14-22(19-12-18(27)8-10-23(19)37-2)32-21-9-7-17(11-20(21)26(28,29)30)24(33)31-13-15-3-5-16(6-4-15)25(34)35/h7-12,15-16,22,32H,3-6,13-14H2,1-2H3,(H,31,33)(H,34,35)/t15-,16-,22?. The van der Waals surface area contributed by atoms with Crippen LogP contribution in [0, 0.1) is 11.8 Å². The highest BCUT2D eigenvalue weighted by molar-refractivity contribution is 6.30. The number of carbonyl (C=O) groups is 2. The molecule has 1 fully saturated rings. The number of ether oxygens (including phenoxy) is 2. The van der Waals surface area contributed by atoms with Crippen LogP contribution in [0.1, 0.15) is 53.2 Å². The topological polar surface area (TPSA) is 96.9 Å². The van der Waals surface area contributed by atoms with Gasteiger partial charge in [-0.2, -0.15) is 13.2 Å². The normalized spacial score (nSPS) is 18.6. The number of anilines is 1. The number of hydrogen-bond donors (Lipinski definition) is 3. The number of hydrogen-bond acceptors (Lipinski definition) is 5. The number of alkyl halides is 3. The van der Waals surface area contributed by atoms with Crippen molar-refractivity contribution in [3.63, 3.8) is 0 Å². The van der Waals surface area contributed by atoms with Gasteiger partial charge in [0, 0.05) is 35.5 Å². The van der Waals surface area contributed by atoms with E-state index in [2.05, 4.69) is 10.6 Å². The van der Waals surface area contributed by atoms with Gasteiger partial charge in [0.05, 0.1) is 31.2 Å². The molecule has 1 aliphatic rings. The van der Waals surface area contributed by atoms with Gasteiger partial charge >= 0.3 is 12.1 Å². The predicted molar refractivity (Wildman–Crippen MR) is 133 cm³/mol. The molecule has 0 saturated heterocycles. The van der Waals surface area contributed by atoms with Gasteiger partial charge in [0.15, 0.2) is 0 Å². The summed E-state index contributed by atoms with van der Waals surface area (Å²) in [7, 11) is 2.88. The van der Waals surface area contributed by atoms with Crippen molar-refractivity contribution in [2.24, 2.45) is 11.8 Å². The number of nitrogens with one attached hydrogen (secondary N) is 2. The highest BCUT2D eigenvalue weighted by Crippen LogP contribution is 2.38. The van der Waals surface area contributed by atoms with Gasteiger partial charge in [-0.25, -0.2) is 0 Å². The fourth-order valence-electron chi connectivity index (χ4n) is 4.54. The molecule has 2 aromatic carbocycles. The van der Waals surface area contributed by atoms with E-state index in [9.17, 15) is 22.8 Å². The molecule has 3 rings (SSSR count). The maximum Gasteiger partial charge on any atom is 0.418 e. The zero-order valence-electron chi connectivity index (χ0n) is 20.5. The van der Waals surface area contributed by atoms with Gasteiger partial charge in [-0.05, 0) is 68.0 Å². The second kappa shape index (κ2) is 12.5. The molecular weight excluding hydrogens is 513 g/mol. The monoisotopic (exact) mass is 542 g/mol. The number of carboxylic acid groups (broad SMARTS) is 1. The summed E-state index contributed by atoms with van der Waals surface area (Å²) in [6.07, 6.45) is -2.41. The summed E-state index contributed by atoms with van der Waals surface area (Å²) in [5.74, 6) is -1.30. The van der Waals surface area contributed by atoms with Crippen LogP contribution < -0.4 is 15.4 Å². The number of carboxylic acids is 1. The molecule has 0 aliphatic heterocycles.